The summed E-state index contributed by atoms with van der Waals surface area (Å²) in [5, 5.41) is 2.78. The summed E-state index contributed by atoms with van der Waals surface area (Å²) in [7, 11) is 1.28. The number of ether oxygens (including phenoxy) is 1. The minimum Gasteiger partial charge on any atom is -0.468 e. The number of rotatable bonds is 6. The molecular formula is C14H20N2O3. The van der Waals surface area contributed by atoms with Crippen molar-refractivity contribution in [2.24, 2.45) is 5.73 Å². The topological polar surface area (TPSA) is 81.4 Å². The van der Waals surface area contributed by atoms with Gasteiger partial charge in [-0.1, -0.05) is 31.5 Å². The van der Waals surface area contributed by atoms with Crippen LogP contribution in [0.4, 0.5) is 5.69 Å². The highest BCUT2D eigenvalue weighted by atomic mass is 16.5. The number of hydrogen-bond donors (Lipinski definition) is 2. The number of nitrogens with one attached hydrogen (secondary N) is 1. The largest absolute Gasteiger partial charge is 0.468 e. The van der Waals surface area contributed by atoms with Crippen LogP contribution in [0.2, 0.25) is 0 Å². The normalized spacial score (nSPS) is 11.7. The van der Waals surface area contributed by atoms with Crippen molar-refractivity contribution in [2.45, 2.75) is 32.2 Å². The third-order valence-electron chi connectivity index (χ3n) is 2.78. The van der Waals surface area contributed by atoms with Crippen LogP contribution >= 0.6 is 0 Å². The van der Waals surface area contributed by atoms with E-state index < -0.39 is 12.0 Å². The molecule has 1 rings (SSSR count). The highest BCUT2D eigenvalue weighted by Gasteiger charge is 2.19. The van der Waals surface area contributed by atoms with Gasteiger partial charge in [0.05, 0.1) is 7.11 Å². The molecule has 0 aliphatic heterocycles. The van der Waals surface area contributed by atoms with E-state index in [1.165, 1.54) is 7.11 Å². The van der Waals surface area contributed by atoms with Crippen LogP contribution < -0.4 is 11.1 Å². The van der Waals surface area contributed by atoms with E-state index in [4.69, 9.17) is 5.73 Å². The Hall–Kier alpha value is -1.88. The number of hydrogen-bond acceptors (Lipinski definition) is 4. The summed E-state index contributed by atoms with van der Waals surface area (Å²) >= 11 is 0. The van der Waals surface area contributed by atoms with Crippen molar-refractivity contribution in [2.75, 3.05) is 12.4 Å². The van der Waals surface area contributed by atoms with Crippen molar-refractivity contribution < 1.29 is 14.3 Å². The van der Waals surface area contributed by atoms with Gasteiger partial charge in [-0.2, -0.15) is 0 Å². The van der Waals surface area contributed by atoms with Gasteiger partial charge in [-0.25, -0.2) is 0 Å². The number of methoxy groups -OCH3 is 1. The molecule has 1 aromatic rings. The third kappa shape index (κ3) is 4.37. The first-order chi connectivity index (χ1) is 9.10. The molecular weight excluding hydrogens is 244 g/mol. The minimum absolute atomic E-state index is 0.0774. The molecule has 3 N–H and O–H groups in total. The van der Waals surface area contributed by atoms with Gasteiger partial charge in [0.2, 0.25) is 5.91 Å². The van der Waals surface area contributed by atoms with Crippen molar-refractivity contribution in [1.29, 1.82) is 0 Å². The van der Waals surface area contributed by atoms with Crippen LogP contribution in [0.1, 0.15) is 37.8 Å². The SMILES string of the molecule is CCCCC(=O)Nc1ccccc1C(N)C(=O)OC. The van der Waals surface area contributed by atoms with E-state index in [1.54, 1.807) is 24.3 Å². The lowest BCUT2D eigenvalue weighted by Crippen LogP contribution is -2.24. The summed E-state index contributed by atoms with van der Waals surface area (Å²) in [5.41, 5.74) is 6.91. The molecule has 0 spiro atoms. The van der Waals surface area contributed by atoms with E-state index in [0.717, 1.165) is 12.8 Å². The predicted molar refractivity (Wildman–Crippen MR) is 73.5 cm³/mol. The molecule has 0 radical (unpaired) electrons. The predicted octanol–water partition coefficient (Wildman–Crippen LogP) is 1.99. The lowest BCUT2D eigenvalue weighted by atomic mass is 10.1. The molecule has 5 nitrogen and oxygen atoms in total. The molecule has 1 atom stereocenters. The van der Waals surface area contributed by atoms with Gasteiger partial charge in [-0.05, 0) is 12.5 Å². The van der Waals surface area contributed by atoms with Gasteiger partial charge in [0.1, 0.15) is 6.04 Å². The summed E-state index contributed by atoms with van der Waals surface area (Å²) in [5.74, 6) is -0.610. The van der Waals surface area contributed by atoms with Gasteiger partial charge in [0.25, 0.3) is 0 Å². The molecule has 0 bridgehead atoms. The molecule has 0 aliphatic carbocycles. The molecule has 0 fully saturated rings. The molecule has 0 heterocycles. The maximum absolute atomic E-state index is 11.7. The summed E-state index contributed by atoms with van der Waals surface area (Å²) in [4.78, 5) is 23.2. The van der Waals surface area contributed by atoms with Crippen LogP contribution in [0, 0.1) is 0 Å². The highest BCUT2D eigenvalue weighted by molar-refractivity contribution is 5.92. The van der Waals surface area contributed by atoms with Gasteiger partial charge in [0.15, 0.2) is 0 Å². The van der Waals surface area contributed by atoms with Crippen LogP contribution in [-0.4, -0.2) is 19.0 Å². The van der Waals surface area contributed by atoms with Crippen LogP contribution in [0.5, 0.6) is 0 Å². The summed E-state index contributed by atoms with van der Waals surface area (Å²) < 4.78 is 4.61. The Morgan fingerprint density at radius 1 is 1.37 bits per heavy atom. The molecule has 0 aliphatic rings. The van der Waals surface area contributed by atoms with Crippen molar-refractivity contribution in [3.05, 3.63) is 29.8 Å². The summed E-state index contributed by atoms with van der Waals surface area (Å²) in [6.07, 6.45) is 2.24. The Labute approximate surface area is 113 Å². The lowest BCUT2D eigenvalue weighted by Gasteiger charge is -2.15. The molecule has 104 valence electrons. The van der Waals surface area contributed by atoms with Gasteiger partial charge in [0, 0.05) is 17.7 Å². The highest BCUT2D eigenvalue weighted by Crippen LogP contribution is 2.22. The van der Waals surface area contributed by atoms with E-state index in [2.05, 4.69) is 10.1 Å². The lowest BCUT2D eigenvalue weighted by molar-refractivity contribution is -0.142. The molecule has 0 aromatic heterocycles. The molecule has 1 amide bonds. The fourth-order valence-corrected chi connectivity index (χ4v) is 1.69. The Bertz CT molecular complexity index is 446. The fraction of sp³-hybridized carbons (Fsp3) is 0.429. The van der Waals surface area contributed by atoms with Crippen molar-refractivity contribution in [3.8, 4) is 0 Å². The van der Waals surface area contributed by atoms with E-state index in [9.17, 15) is 9.59 Å². The molecule has 1 aromatic carbocycles. The van der Waals surface area contributed by atoms with Gasteiger partial charge >= 0.3 is 5.97 Å². The first-order valence-corrected chi connectivity index (χ1v) is 6.32. The number of unbranched alkanes of at least 4 members (excludes halogenated alkanes) is 1. The molecule has 1 unspecified atom stereocenters. The third-order valence-corrected chi connectivity index (χ3v) is 2.78. The number of benzene rings is 1. The Kier molecular flexibility index (Phi) is 6.02. The van der Waals surface area contributed by atoms with Crippen LogP contribution in [0.3, 0.4) is 0 Å². The zero-order chi connectivity index (χ0) is 14.3. The zero-order valence-corrected chi connectivity index (χ0v) is 11.3. The standard InChI is InChI=1S/C14H20N2O3/c1-3-4-9-12(17)16-11-8-6-5-7-10(11)13(15)14(18)19-2/h5-8,13H,3-4,9,15H2,1-2H3,(H,16,17). The Morgan fingerprint density at radius 2 is 2.05 bits per heavy atom. The Balaban J connectivity index is 2.84. The van der Waals surface area contributed by atoms with E-state index in [0.29, 0.717) is 17.7 Å². The number of carbonyl (C=O) groups is 2. The number of nitrogens with two attached hydrogens (primary N) is 1. The Morgan fingerprint density at radius 3 is 2.68 bits per heavy atom. The van der Waals surface area contributed by atoms with Crippen LogP contribution in [0.15, 0.2) is 24.3 Å². The second-order valence-corrected chi connectivity index (χ2v) is 4.24. The molecule has 0 saturated heterocycles. The van der Waals surface area contributed by atoms with Crippen LogP contribution in [-0.2, 0) is 14.3 Å². The molecule has 19 heavy (non-hydrogen) atoms. The number of para-hydroxylation sites is 1. The van der Waals surface area contributed by atoms with E-state index in [1.807, 2.05) is 6.92 Å². The number of carbonyl (C=O) groups excluding carboxylic acids is 2. The summed E-state index contributed by atoms with van der Waals surface area (Å²) in [6.45, 7) is 2.02. The van der Waals surface area contributed by atoms with Gasteiger partial charge in [-0.15, -0.1) is 0 Å². The second-order valence-electron chi connectivity index (χ2n) is 4.24. The first kappa shape index (κ1) is 15.2. The average molecular weight is 264 g/mol. The van der Waals surface area contributed by atoms with Gasteiger partial charge in [-0.3, -0.25) is 9.59 Å². The number of anilines is 1. The minimum atomic E-state index is -0.896. The van der Waals surface area contributed by atoms with E-state index >= 15 is 0 Å². The fourth-order valence-electron chi connectivity index (χ4n) is 1.69. The van der Waals surface area contributed by atoms with Crippen molar-refractivity contribution in [1.82, 2.24) is 0 Å². The van der Waals surface area contributed by atoms with Crippen LogP contribution in [0.25, 0.3) is 0 Å². The average Bonchev–Trinajstić information content (AvgIpc) is 2.44. The smallest absolute Gasteiger partial charge is 0.327 e. The quantitative estimate of drug-likeness (QED) is 0.770. The van der Waals surface area contributed by atoms with E-state index in [-0.39, 0.29) is 5.91 Å². The molecule has 5 heteroatoms. The van der Waals surface area contributed by atoms with Crippen molar-refractivity contribution >= 4 is 17.6 Å². The maximum atomic E-state index is 11.7. The number of esters is 1. The molecule has 0 saturated carbocycles. The first-order valence-electron chi connectivity index (χ1n) is 6.32. The summed E-state index contributed by atoms with van der Waals surface area (Å²) in [6, 6.07) is 6.08. The number of amides is 1. The maximum Gasteiger partial charge on any atom is 0.327 e. The monoisotopic (exact) mass is 264 g/mol. The van der Waals surface area contributed by atoms with Crippen molar-refractivity contribution in [3.63, 3.8) is 0 Å². The van der Waals surface area contributed by atoms with Gasteiger partial charge < -0.3 is 15.8 Å². The zero-order valence-electron chi connectivity index (χ0n) is 11.3. The second kappa shape index (κ2) is 7.53.